The van der Waals surface area contributed by atoms with E-state index in [0.29, 0.717) is 11.9 Å². The standard InChI is InChI=1S/C12H16N6/c1-3-9(12-15-17-18-16-12)7-10(4-1)14-8-11-5-2-6-13-11/h1,3-4,7,11,13-14H,2,5-6,8H2,(H,15,16,17,18). The van der Waals surface area contributed by atoms with Gasteiger partial charge in [0, 0.05) is 23.8 Å². The Morgan fingerprint density at radius 1 is 1.39 bits per heavy atom. The molecule has 18 heavy (non-hydrogen) atoms. The van der Waals surface area contributed by atoms with Gasteiger partial charge in [-0.1, -0.05) is 12.1 Å². The van der Waals surface area contributed by atoms with E-state index >= 15 is 0 Å². The van der Waals surface area contributed by atoms with Gasteiger partial charge in [0.25, 0.3) is 0 Å². The van der Waals surface area contributed by atoms with Gasteiger partial charge in [0.2, 0.25) is 5.82 Å². The second kappa shape index (κ2) is 5.14. The lowest BCUT2D eigenvalue weighted by Crippen LogP contribution is -2.29. The predicted molar refractivity (Wildman–Crippen MR) is 69.1 cm³/mol. The first-order chi connectivity index (χ1) is 8.92. The van der Waals surface area contributed by atoms with Crippen molar-refractivity contribution in [1.82, 2.24) is 25.9 Å². The molecule has 0 aliphatic carbocycles. The van der Waals surface area contributed by atoms with Crippen LogP contribution >= 0.6 is 0 Å². The maximum Gasteiger partial charge on any atom is 0.204 e. The number of aromatic amines is 1. The number of aromatic nitrogens is 4. The van der Waals surface area contributed by atoms with Crippen LogP contribution in [0.1, 0.15) is 12.8 Å². The van der Waals surface area contributed by atoms with Gasteiger partial charge in [-0.2, -0.15) is 5.21 Å². The third kappa shape index (κ3) is 2.48. The fourth-order valence-corrected chi connectivity index (χ4v) is 2.22. The van der Waals surface area contributed by atoms with E-state index in [1.165, 1.54) is 12.8 Å². The van der Waals surface area contributed by atoms with Crippen LogP contribution in [0.15, 0.2) is 24.3 Å². The second-order valence-corrected chi connectivity index (χ2v) is 4.49. The molecule has 94 valence electrons. The fraction of sp³-hybridized carbons (Fsp3) is 0.417. The van der Waals surface area contributed by atoms with Gasteiger partial charge in [0.05, 0.1) is 0 Å². The van der Waals surface area contributed by atoms with E-state index in [2.05, 4.69) is 37.3 Å². The Hall–Kier alpha value is -1.95. The summed E-state index contributed by atoms with van der Waals surface area (Å²) >= 11 is 0. The first-order valence-electron chi connectivity index (χ1n) is 6.23. The van der Waals surface area contributed by atoms with E-state index in [4.69, 9.17) is 0 Å². The van der Waals surface area contributed by atoms with Gasteiger partial charge in [-0.15, -0.1) is 10.2 Å². The largest absolute Gasteiger partial charge is 0.383 e. The van der Waals surface area contributed by atoms with Gasteiger partial charge in [-0.25, -0.2) is 0 Å². The molecule has 3 N–H and O–H groups in total. The lowest BCUT2D eigenvalue weighted by atomic mass is 10.2. The lowest BCUT2D eigenvalue weighted by molar-refractivity contribution is 0.633. The molecule has 0 saturated carbocycles. The fourth-order valence-electron chi connectivity index (χ4n) is 2.22. The first kappa shape index (κ1) is 11.2. The average molecular weight is 244 g/mol. The Balaban J connectivity index is 1.67. The number of nitrogens with one attached hydrogen (secondary N) is 3. The van der Waals surface area contributed by atoms with Crippen molar-refractivity contribution in [2.75, 3.05) is 18.4 Å². The molecule has 1 saturated heterocycles. The quantitative estimate of drug-likeness (QED) is 0.748. The monoisotopic (exact) mass is 244 g/mol. The molecule has 1 atom stereocenters. The van der Waals surface area contributed by atoms with Crippen LogP contribution in [-0.4, -0.2) is 39.8 Å². The number of rotatable bonds is 4. The number of nitrogens with zero attached hydrogens (tertiary/aromatic N) is 3. The van der Waals surface area contributed by atoms with Crippen molar-refractivity contribution in [1.29, 1.82) is 0 Å². The molecule has 1 aliphatic heterocycles. The molecule has 3 rings (SSSR count). The highest BCUT2D eigenvalue weighted by Crippen LogP contribution is 2.18. The Morgan fingerprint density at radius 3 is 3.17 bits per heavy atom. The molecule has 1 unspecified atom stereocenters. The highest BCUT2D eigenvalue weighted by atomic mass is 15.5. The molecular weight excluding hydrogens is 228 g/mol. The summed E-state index contributed by atoms with van der Waals surface area (Å²) < 4.78 is 0. The molecule has 0 spiro atoms. The molecule has 1 aromatic heterocycles. The van der Waals surface area contributed by atoms with E-state index in [9.17, 15) is 0 Å². The molecule has 1 aromatic carbocycles. The lowest BCUT2D eigenvalue weighted by Gasteiger charge is -2.12. The zero-order valence-corrected chi connectivity index (χ0v) is 10.1. The normalized spacial score (nSPS) is 19.0. The first-order valence-corrected chi connectivity index (χ1v) is 6.23. The van der Waals surface area contributed by atoms with Gasteiger partial charge in [0.15, 0.2) is 0 Å². The molecule has 1 aliphatic rings. The van der Waals surface area contributed by atoms with E-state index in [1.807, 2.05) is 18.2 Å². The number of H-pyrrole nitrogens is 1. The second-order valence-electron chi connectivity index (χ2n) is 4.49. The van der Waals surface area contributed by atoms with Gasteiger partial charge in [-0.05, 0) is 36.7 Å². The van der Waals surface area contributed by atoms with Gasteiger partial charge >= 0.3 is 0 Å². The summed E-state index contributed by atoms with van der Waals surface area (Å²) in [7, 11) is 0. The van der Waals surface area contributed by atoms with E-state index in [0.717, 1.165) is 24.3 Å². The van der Waals surface area contributed by atoms with Crippen molar-refractivity contribution < 1.29 is 0 Å². The molecule has 2 heterocycles. The van der Waals surface area contributed by atoms with Crippen LogP contribution in [-0.2, 0) is 0 Å². The van der Waals surface area contributed by atoms with Crippen LogP contribution in [0.2, 0.25) is 0 Å². The molecule has 2 aromatic rings. The molecule has 6 nitrogen and oxygen atoms in total. The topological polar surface area (TPSA) is 78.5 Å². The molecule has 0 amide bonds. The van der Waals surface area contributed by atoms with Gasteiger partial charge in [0.1, 0.15) is 0 Å². The third-order valence-electron chi connectivity index (χ3n) is 3.18. The number of hydrogen-bond acceptors (Lipinski definition) is 5. The van der Waals surface area contributed by atoms with Crippen LogP contribution in [0, 0.1) is 0 Å². The highest BCUT2D eigenvalue weighted by Gasteiger charge is 2.13. The van der Waals surface area contributed by atoms with E-state index < -0.39 is 0 Å². The zero-order chi connectivity index (χ0) is 12.2. The summed E-state index contributed by atoms with van der Waals surface area (Å²) in [5.41, 5.74) is 2.05. The highest BCUT2D eigenvalue weighted by molar-refractivity contribution is 5.61. The third-order valence-corrected chi connectivity index (χ3v) is 3.18. The van der Waals surface area contributed by atoms with Crippen molar-refractivity contribution in [2.24, 2.45) is 0 Å². The van der Waals surface area contributed by atoms with Crippen LogP contribution in [0.4, 0.5) is 5.69 Å². The number of tetrazole rings is 1. The van der Waals surface area contributed by atoms with E-state index in [-0.39, 0.29) is 0 Å². The van der Waals surface area contributed by atoms with Crippen molar-refractivity contribution in [3.05, 3.63) is 24.3 Å². The number of benzene rings is 1. The van der Waals surface area contributed by atoms with Crippen LogP contribution in [0.5, 0.6) is 0 Å². The molecule has 0 bridgehead atoms. The maximum absolute atomic E-state index is 3.98. The average Bonchev–Trinajstić information content (AvgIpc) is 3.10. The van der Waals surface area contributed by atoms with Crippen molar-refractivity contribution >= 4 is 5.69 Å². The van der Waals surface area contributed by atoms with Crippen molar-refractivity contribution in [3.63, 3.8) is 0 Å². The Labute approximate surface area is 105 Å². The number of anilines is 1. The minimum Gasteiger partial charge on any atom is -0.383 e. The Bertz CT molecular complexity index is 489. The summed E-state index contributed by atoms with van der Waals surface area (Å²) in [5.74, 6) is 0.623. The van der Waals surface area contributed by atoms with Crippen molar-refractivity contribution in [3.8, 4) is 11.4 Å². The molecule has 1 fully saturated rings. The molecule has 6 heteroatoms. The van der Waals surface area contributed by atoms with E-state index in [1.54, 1.807) is 0 Å². The SMILES string of the molecule is c1cc(NCC2CCCN2)cc(-c2nn[nH]n2)c1. The predicted octanol–water partition coefficient (Wildman–Crippen LogP) is 1.03. The summed E-state index contributed by atoms with van der Waals surface area (Å²) in [6, 6.07) is 8.65. The molecular formula is C12H16N6. The Kier molecular flexibility index (Phi) is 3.18. The maximum atomic E-state index is 3.98. The van der Waals surface area contributed by atoms with Gasteiger partial charge < -0.3 is 10.6 Å². The van der Waals surface area contributed by atoms with Crippen LogP contribution < -0.4 is 10.6 Å². The minimum absolute atomic E-state index is 0.582. The smallest absolute Gasteiger partial charge is 0.204 e. The summed E-state index contributed by atoms with van der Waals surface area (Å²) in [6.07, 6.45) is 2.52. The van der Waals surface area contributed by atoms with Crippen LogP contribution in [0.25, 0.3) is 11.4 Å². The summed E-state index contributed by atoms with van der Waals surface area (Å²) in [5, 5.41) is 20.9. The zero-order valence-electron chi connectivity index (χ0n) is 10.1. The summed E-state index contributed by atoms with van der Waals surface area (Å²) in [4.78, 5) is 0. The Morgan fingerprint density at radius 2 is 2.39 bits per heavy atom. The minimum atomic E-state index is 0.582. The van der Waals surface area contributed by atoms with Gasteiger partial charge in [-0.3, -0.25) is 0 Å². The summed E-state index contributed by atoms with van der Waals surface area (Å²) in [6.45, 7) is 2.09. The van der Waals surface area contributed by atoms with Crippen molar-refractivity contribution in [2.45, 2.75) is 18.9 Å². The molecule has 0 radical (unpaired) electrons. The van der Waals surface area contributed by atoms with Crippen LogP contribution in [0.3, 0.4) is 0 Å². The number of hydrogen-bond donors (Lipinski definition) is 3.